The number of pyridine rings is 1. The molecular formula is C12H16N4O2S2. The van der Waals surface area contributed by atoms with Crippen LogP contribution in [0.25, 0.3) is 0 Å². The molecule has 0 unspecified atom stereocenters. The highest BCUT2D eigenvalue weighted by Crippen LogP contribution is 2.18. The van der Waals surface area contributed by atoms with E-state index in [1.54, 1.807) is 18.3 Å². The summed E-state index contributed by atoms with van der Waals surface area (Å²) in [7, 11) is -3.66. The number of nitrogens with zero attached hydrogens (tertiary/aromatic N) is 2. The van der Waals surface area contributed by atoms with E-state index in [4.69, 9.17) is 0 Å². The molecule has 6 nitrogen and oxygen atoms in total. The zero-order valence-electron chi connectivity index (χ0n) is 11.3. The van der Waals surface area contributed by atoms with E-state index in [0.29, 0.717) is 12.2 Å². The van der Waals surface area contributed by atoms with Gasteiger partial charge in [0.25, 0.3) is 10.0 Å². The van der Waals surface area contributed by atoms with Gasteiger partial charge in [-0.05, 0) is 26.0 Å². The number of aromatic nitrogens is 2. The van der Waals surface area contributed by atoms with Gasteiger partial charge in [-0.3, -0.25) is 0 Å². The van der Waals surface area contributed by atoms with Gasteiger partial charge in [0.2, 0.25) is 0 Å². The van der Waals surface area contributed by atoms with Crippen molar-refractivity contribution >= 4 is 27.0 Å². The number of thiazole rings is 1. The topological polar surface area (TPSA) is 84.0 Å². The zero-order valence-corrected chi connectivity index (χ0v) is 12.9. The van der Waals surface area contributed by atoms with E-state index in [-0.39, 0.29) is 11.6 Å². The van der Waals surface area contributed by atoms with Crippen LogP contribution < -0.4 is 10.0 Å². The van der Waals surface area contributed by atoms with Gasteiger partial charge < -0.3 is 5.32 Å². The second kappa shape index (κ2) is 6.29. The van der Waals surface area contributed by atoms with Crippen molar-refractivity contribution in [1.82, 2.24) is 14.7 Å². The highest BCUT2D eigenvalue weighted by Gasteiger charge is 2.20. The fourth-order valence-electron chi connectivity index (χ4n) is 1.64. The fraction of sp³-hybridized carbons (Fsp3) is 0.333. The largest absolute Gasteiger partial charge is 0.383 e. The molecule has 0 saturated carbocycles. The Balaban J connectivity index is 2.18. The third kappa shape index (κ3) is 3.53. The first-order chi connectivity index (χ1) is 9.53. The van der Waals surface area contributed by atoms with E-state index in [1.807, 2.05) is 13.8 Å². The lowest BCUT2D eigenvalue weighted by Gasteiger charge is -2.10. The predicted molar refractivity (Wildman–Crippen MR) is 79.3 cm³/mol. The molecule has 0 atom stereocenters. The Kier molecular flexibility index (Phi) is 4.69. The van der Waals surface area contributed by atoms with Gasteiger partial charge in [-0.1, -0.05) is 0 Å². The van der Waals surface area contributed by atoms with Crippen LogP contribution in [0.15, 0.2) is 29.6 Å². The van der Waals surface area contributed by atoms with Crippen molar-refractivity contribution in [3.05, 3.63) is 34.4 Å². The van der Waals surface area contributed by atoms with E-state index in [0.717, 1.165) is 9.88 Å². The normalized spacial score (nSPS) is 11.5. The molecule has 2 heterocycles. The molecule has 0 radical (unpaired) electrons. The first-order valence-electron chi connectivity index (χ1n) is 6.13. The smallest absolute Gasteiger partial charge is 0.260 e. The Morgan fingerprint density at radius 1 is 1.35 bits per heavy atom. The Bertz CT molecular complexity index is 682. The maximum Gasteiger partial charge on any atom is 0.260 e. The van der Waals surface area contributed by atoms with Crippen molar-refractivity contribution in [2.24, 2.45) is 0 Å². The van der Waals surface area contributed by atoms with Crippen molar-refractivity contribution in [3.8, 4) is 0 Å². The molecule has 0 fully saturated rings. The van der Waals surface area contributed by atoms with Crippen molar-refractivity contribution in [2.75, 3.05) is 11.9 Å². The van der Waals surface area contributed by atoms with Gasteiger partial charge in [-0.25, -0.2) is 23.1 Å². The summed E-state index contributed by atoms with van der Waals surface area (Å²) in [5, 5.41) is 3.73. The Morgan fingerprint density at radius 3 is 2.80 bits per heavy atom. The summed E-state index contributed by atoms with van der Waals surface area (Å²) in [5.74, 6) is 0. The van der Waals surface area contributed by atoms with Gasteiger partial charge in [0.1, 0.15) is 5.01 Å². The molecule has 0 bridgehead atoms. The molecule has 2 N–H and O–H groups in total. The standard InChI is InChI=1S/C12H16N4O2S2/c1-3-13-10-5-4-6-14-12(10)20(17,18)16-8-11-15-7-9(2)19-11/h4-7,13,16H,3,8H2,1-2H3. The summed E-state index contributed by atoms with van der Waals surface area (Å²) in [5.41, 5.74) is 0.498. The molecule has 0 aliphatic rings. The molecule has 0 aliphatic carbocycles. The Morgan fingerprint density at radius 2 is 2.15 bits per heavy atom. The molecule has 2 aromatic rings. The van der Waals surface area contributed by atoms with Crippen LogP contribution in [0.2, 0.25) is 0 Å². The molecule has 8 heteroatoms. The maximum absolute atomic E-state index is 12.3. The third-order valence-corrected chi connectivity index (χ3v) is 4.75. The van der Waals surface area contributed by atoms with Crippen LogP contribution in [0.4, 0.5) is 5.69 Å². The predicted octanol–water partition coefficient (Wildman–Crippen LogP) is 1.76. The van der Waals surface area contributed by atoms with Gasteiger partial charge in [-0.15, -0.1) is 11.3 Å². The quantitative estimate of drug-likeness (QED) is 0.849. The molecule has 0 spiro atoms. The number of rotatable bonds is 6. The van der Waals surface area contributed by atoms with Crippen molar-refractivity contribution in [2.45, 2.75) is 25.4 Å². The van der Waals surface area contributed by atoms with Gasteiger partial charge in [0.15, 0.2) is 5.03 Å². The number of nitrogens with one attached hydrogen (secondary N) is 2. The first kappa shape index (κ1) is 14.9. The third-order valence-electron chi connectivity index (χ3n) is 2.48. The van der Waals surface area contributed by atoms with Crippen LogP contribution in [0.5, 0.6) is 0 Å². The van der Waals surface area contributed by atoms with Crippen molar-refractivity contribution < 1.29 is 8.42 Å². The summed E-state index contributed by atoms with van der Waals surface area (Å²) in [4.78, 5) is 9.13. The van der Waals surface area contributed by atoms with E-state index in [2.05, 4.69) is 20.0 Å². The zero-order chi connectivity index (χ0) is 14.6. The number of hydrogen-bond acceptors (Lipinski definition) is 6. The van der Waals surface area contributed by atoms with Crippen molar-refractivity contribution in [1.29, 1.82) is 0 Å². The molecule has 108 valence electrons. The highest BCUT2D eigenvalue weighted by atomic mass is 32.2. The first-order valence-corrected chi connectivity index (χ1v) is 8.42. The number of aryl methyl sites for hydroxylation is 1. The van der Waals surface area contributed by atoms with E-state index < -0.39 is 10.0 Å². The number of sulfonamides is 1. The van der Waals surface area contributed by atoms with E-state index >= 15 is 0 Å². The fourth-order valence-corrected chi connectivity index (χ4v) is 3.55. The lowest BCUT2D eigenvalue weighted by atomic mass is 10.4. The summed E-state index contributed by atoms with van der Waals surface area (Å²) >= 11 is 1.46. The van der Waals surface area contributed by atoms with Gasteiger partial charge in [-0.2, -0.15) is 0 Å². The van der Waals surface area contributed by atoms with E-state index in [9.17, 15) is 8.42 Å². The van der Waals surface area contributed by atoms with Crippen LogP contribution >= 0.6 is 11.3 Å². The van der Waals surface area contributed by atoms with Crippen LogP contribution in [-0.4, -0.2) is 24.9 Å². The summed E-state index contributed by atoms with van der Waals surface area (Å²) in [6.07, 6.45) is 3.18. The average molecular weight is 312 g/mol. The molecule has 2 rings (SSSR count). The summed E-state index contributed by atoms with van der Waals surface area (Å²) in [6, 6.07) is 3.39. The second-order valence-electron chi connectivity index (χ2n) is 4.08. The minimum absolute atomic E-state index is 0.00938. The van der Waals surface area contributed by atoms with Crippen molar-refractivity contribution in [3.63, 3.8) is 0 Å². The molecule has 0 amide bonds. The maximum atomic E-state index is 12.3. The van der Waals surface area contributed by atoms with Gasteiger partial charge >= 0.3 is 0 Å². The lowest BCUT2D eigenvalue weighted by molar-refractivity contribution is 0.577. The molecule has 0 aromatic carbocycles. The average Bonchev–Trinajstić information content (AvgIpc) is 2.83. The Hall–Kier alpha value is -1.51. The van der Waals surface area contributed by atoms with E-state index in [1.165, 1.54) is 17.5 Å². The molecule has 0 aliphatic heterocycles. The number of hydrogen-bond donors (Lipinski definition) is 2. The molecular weight excluding hydrogens is 296 g/mol. The van der Waals surface area contributed by atoms with Crippen LogP contribution in [0.1, 0.15) is 16.8 Å². The lowest BCUT2D eigenvalue weighted by Crippen LogP contribution is -2.25. The van der Waals surface area contributed by atoms with Crippen LogP contribution in [0.3, 0.4) is 0 Å². The summed E-state index contributed by atoms with van der Waals surface area (Å²) < 4.78 is 27.1. The van der Waals surface area contributed by atoms with Crippen LogP contribution in [-0.2, 0) is 16.6 Å². The molecule has 20 heavy (non-hydrogen) atoms. The molecule has 2 aromatic heterocycles. The van der Waals surface area contributed by atoms with Gasteiger partial charge in [0.05, 0.1) is 12.2 Å². The monoisotopic (exact) mass is 312 g/mol. The van der Waals surface area contributed by atoms with Crippen LogP contribution in [0, 0.1) is 6.92 Å². The number of anilines is 1. The summed E-state index contributed by atoms with van der Waals surface area (Å²) in [6.45, 7) is 4.62. The highest BCUT2D eigenvalue weighted by molar-refractivity contribution is 7.89. The minimum atomic E-state index is -3.66. The Labute approximate surface area is 122 Å². The minimum Gasteiger partial charge on any atom is -0.383 e. The SMILES string of the molecule is CCNc1cccnc1S(=O)(=O)NCc1ncc(C)s1. The second-order valence-corrected chi connectivity index (χ2v) is 7.08. The molecule has 0 saturated heterocycles. The van der Waals surface area contributed by atoms with Gasteiger partial charge in [0, 0.05) is 23.8 Å².